The van der Waals surface area contributed by atoms with Crippen molar-refractivity contribution in [2.24, 2.45) is 5.92 Å². The summed E-state index contributed by atoms with van der Waals surface area (Å²) in [5.74, 6) is -0.402. The average molecular weight is 192 g/mol. The van der Waals surface area contributed by atoms with Crippen LogP contribution in [0.5, 0.6) is 0 Å². The third-order valence-corrected chi connectivity index (χ3v) is 2.11. The highest BCUT2D eigenvalue weighted by Crippen LogP contribution is 2.13. The molecule has 0 spiro atoms. The Morgan fingerprint density at radius 3 is 2.86 bits per heavy atom. The molecule has 1 rings (SSSR count). The van der Waals surface area contributed by atoms with Crippen LogP contribution in [0.2, 0.25) is 0 Å². The van der Waals surface area contributed by atoms with Gasteiger partial charge in [0.15, 0.2) is 0 Å². The van der Waals surface area contributed by atoms with Gasteiger partial charge >= 0.3 is 5.97 Å². The van der Waals surface area contributed by atoms with Gasteiger partial charge in [0.05, 0.1) is 12.5 Å². The Morgan fingerprint density at radius 1 is 1.43 bits per heavy atom. The molecule has 0 radical (unpaired) electrons. The van der Waals surface area contributed by atoms with E-state index in [0.29, 0.717) is 6.61 Å². The molecule has 76 valence electrons. The molecule has 0 bridgehead atoms. The number of carbonyl (C=O) groups is 1. The second-order valence-corrected chi connectivity index (χ2v) is 3.12. The summed E-state index contributed by atoms with van der Waals surface area (Å²) in [6.45, 7) is 4.34. The van der Waals surface area contributed by atoms with Crippen molar-refractivity contribution in [1.82, 2.24) is 0 Å². The van der Waals surface area contributed by atoms with E-state index < -0.39 is 0 Å². The van der Waals surface area contributed by atoms with Gasteiger partial charge < -0.3 is 4.74 Å². The minimum absolute atomic E-state index is 0.175. The zero-order chi connectivity index (χ0) is 10.4. The largest absolute Gasteiger partial charge is 0.465 e. The van der Waals surface area contributed by atoms with Crippen LogP contribution in [0.1, 0.15) is 20.3 Å². The molecule has 0 saturated heterocycles. The van der Waals surface area contributed by atoms with Crippen LogP contribution in [0.3, 0.4) is 0 Å². The van der Waals surface area contributed by atoms with Crippen molar-refractivity contribution in [3.63, 3.8) is 0 Å². The Balaban J connectivity index is 2.65. The zero-order valence-electron chi connectivity index (χ0n) is 8.69. The van der Waals surface area contributed by atoms with Crippen LogP contribution in [-0.2, 0) is 9.53 Å². The highest BCUT2D eigenvalue weighted by molar-refractivity contribution is 5.77. The summed E-state index contributed by atoms with van der Waals surface area (Å²) in [5, 5.41) is 0. The maximum absolute atomic E-state index is 11.4. The van der Waals surface area contributed by atoms with Crippen molar-refractivity contribution in [3.8, 4) is 0 Å². The lowest BCUT2D eigenvalue weighted by atomic mass is 10.1. The first-order valence-corrected chi connectivity index (χ1v) is 5.00. The lowest BCUT2D eigenvalue weighted by Crippen LogP contribution is -2.13. The standard InChI is InChI=1S/C12H16O2/c1-3-10-6-5-7-11(9-8-10)12(13)14-4-2/h5-9,11H,3-4H2,1-2H3. The predicted octanol–water partition coefficient (Wildman–Crippen LogP) is 2.63. The van der Waals surface area contributed by atoms with E-state index in [1.165, 1.54) is 5.57 Å². The molecule has 0 N–H and O–H groups in total. The number of rotatable bonds is 3. The SMILES string of the molecule is CCOC(=O)C1C=CC=C(CC)C=C1. The molecule has 1 aliphatic carbocycles. The summed E-state index contributed by atoms with van der Waals surface area (Å²) in [6.07, 6.45) is 10.7. The molecule has 0 fully saturated rings. The van der Waals surface area contributed by atoms with Crippen molar-refractivity contribution in [2.45, 2.75) is 20.3 Å². The Morgan fingerprint density at radius 2 is 2.21 bits per heavy atom. The van der Waals surface area contributed by atoms with Crippen molar-refractivity contribution in [3.05, 3.63) is 36.0 Å². The van der Waals surface area contributed by atoms with Gasteiger partial charge in [-0.25, -0.2) is 0 Å². The third-order valence-electron chi connectivity index (χ3n) is 2.11. The first kappa shape index (κ1) is 10.8. The Labute approximate surface area is 85.0 Å². The van der Waals surface area contributed by atoms with Gasteiger partial charge in [-0.1, -0.05) is 37.3 Å². The van der Waals surface area contributed by atoms with Crippen LogP contribution in [-0.4, -0.2) is 12.6 Å². The van der Waals surface area contributed by atoms with Crippen LogP contribution >= 0.6 is 0 Å². The van der Waals surface area contributed by atoms with E-state index in [1.54, 1.807) is 0 Å². The van der Waals surface area contributed by atoms with E-state index in [2.05, 4.69) is 6.92 Å². The molecule has 0 amide bonds. The van der Waals surface area contributed by atoms with Crippen molar-refractivity contribution < 1.29 is 9.53 Å². The molecule has 14 heavy (non-hydrogen) atoms. The second-order valence-electron chi connectivity index (χ2n) is 3.12. The molecule has 1 unspecified atom stereocenters. The van der Waals surface area contributed by atoms with E-state index in [9.17, 15) is 4.79 Å². The summed E-state index contributed by atoms with van der Waals surface area (Å²) in [7, 11) is 0. The van der Waals surface area contributed by atoms with Crippen LogP contribution in [0.15, 0.2) is 36.0 Å². The molecule has 2 heteroatoms. The van der Waals surface area contributed by atoms with Crippen molar-refractivity contribution in [1.29, 1.82) is 0 Å². The van der Waals surface area contributed by atoms with E-state index in [-0.39, 0.29) is 11.9 Å². The monoisotopic (exact) mass is 192 g/mol. The van der Waals surface area contributed by atoms with Gasteiger partial charge in [0, 0.05) is 0 Å². The highest BCUT2D eigenvalue weighted by Gasteiger charge is 2.13. The third kappa shape index (κ3) is 2.87. The lowest BCUT2D eigenvalue weighted by molar-refractivity contribution is -0.144. The summed E-state index contributed by atoms with van der Waals surface area (Å²) in [6, 6.07) is 0. The summed E-state index contributed by atoms with van der Waals surface area (Å²) < 4.78 is 4.94. The normalized spacial score (nSPS) is 20.1. The van der Waals surface area contributed by atoms with Gasteiger partial charge in [-0.2, -0.15) is 0 Å². The summed E-state index contributed by atoms with van der Waals surface area (Å²) in [5.41, 5.74) is 1.23. The highest BCUT2D eigenvalue weighted by atomic mass is 16.5. The van der Waals surface area contributed by atoms with E-state index in [1.807, 2.05) is 37.3 Å². The Hall–Kier alpha value is -1.31. The quantitative estimate of drug-likeness (QED) is 0.642. The molecule has 2 nitrogen and oxygen atoms in total. The second kappa shape index (κ2) is 5.43. The number of allylic oxidation sites excluding steroid dienone is 4. The minimum atomic E-state index is -0.227. The van der Waals surface area contributed by atoms with Gasteiger partial charge in [-0.05, 0) is 18.9 Å². The van der Waals surface area contributed by atoms with Gasteiger partial charge in [0.25, 0.3) is 0 Å². The van der Waals surface area contributed by atoms with Gasteiger partial charge in [-0.15, -0.1) is 0 Å². The van der Waals surface area contributed by atoms with E-state index in [0.717, 1.165) is 6.42 Å². The fraction of sp³-hybridized carbons (Fsp3) is 0.417. The molecule has 1 aliphatic rings. The molecule has 0 aromatic heterocycles. The molecule has 0 aromatic carbocycles. The molecular weight excluding hydrogens is 176 g/mol. The number of hydrogen-bond donors (Lipinski definition) is 0. The smallest absolute Gasteiger partial charge is 0.316 e. The number of ether oxygens (including phenoxy) is 1. The Kier molecular flexibility index (Phi) is 4.17. The molecule has 0 aromatic rings. The fourth-order valence-corrected chi connectivity index (χ4v) is 1.28. The first-order chi connectivity index (χ1) is 6.77. The van der Waals surface area contributed by atoms with Crippen molar-refractivity contribution >= 4 is 5.97 Å². The fourth-order valence-electron chi connectivity index (χ4n) is 1.28. The molecular formula is C12H16O2. The van der Waals surface area contributed by atoms with Gasteiger partial charge in [-0.3, -0.25) is 4.79 Å². The number of hydrogen-bond acceptors (Lipinski definition) is 2. The van der Waals surface area contributed by atoms with Crippen LogP contribution in [0.4, 0.5) is 0 Å². The molecule has 1 atom stereocenters. The van der Waals surface area contributed by atoms with Crippen LogP contribution in [0.25, 0.3) is 0 Å². The van der Waals surface area contributed by atoms with Crippen LogP contribution in [0, 0.1) is 5.92 Å². The molecule has 0 aliphatic heterocycles. The lowest BCUT2D eigenvalue weighted by Gasteiger charge is -2.05. The number of carbonyl (C=O) groups excluding carboxylic acids is 1. The van der Waals surface area contributed by atoms with E-state index >= 15 is 0 Å². The maximum atomic E-state index is 11.4. The Bertz CT molecular complexity index is 285. The van der Waals surface area contributed by atoms with Crippen molar-refractivity contribution in [2.75, 3.05) is 6.61 Å². The van der Waals surface area contributed by atoms with Gasteiger partial charge in [0.1, 0.15) is 0 Å². The zero-order valence-corrected chi connectivity index (χ0v) is 8.69. The summed E-state index contributed by atoms with van der Waals surface area (Å²) in [4.78, 5) is 11.4. The summed E-state index contributed by atoms with van der Waals surface area (Å²) >= 11 is 0. The molecule has 0 saturated carbocycles. The van der Waals surface area contributed by atoms with E-state index in [4.69, 9.17) is 4.74 Å². The maximum Gasteiger partial charge on any atom is 0.316 e. The average Bonchev–Trinajstić information content (AvgIpc) is 2.42. The molecule has 0 heterocycles. The number of esters is 1. The first-order valence-electron chi connectivity index (χ1n) is 5.00. The van der Waals surface area contributed by atoms with Gasteiger partial charge in [0.2, 0.25) is 0 Å². The predicted molar refractivity (Wildman–Crippen MR) is 56.8 cm³/mol. The topological polar surface area (TPSA) is 26.3 Å². The minimum Gasteiger partial charge on any atom is -0.465 e. The van der Waals surface area contributed by atoms with Crippen LogP contribution < -0.4 is 0 Å².